The van der Waals surface area contributed by atoms with Crippen LogP contribution in [-0.2, 0) is 4.74 Å². The molecule has 1 unspecified atom stereocenters. The molecule has 1 amide bonds. The van der Waals surface area contributed by atoms with Crippen molar-refractivity contribution in [1.82, 2.24) is 25.2 Å². The second-order valence-corrected chi connectivity index (χ2v) is 6.59. The lowest BCUT2D eigenvalue weighted by Crippen LogP contribution is -2.42. The summed E-state index contributed by atoms with van der Waals surface area (Å²) >= 11 is 0. The summed E-state index contributed by atoms with van der Waals surface area (Å²) in [5, 5.41) is 11.7. The van der Waals surface area contributed by atoms with Crippen LogP contribution in [0.5, 0.6) is 0 Å². The predicted octanol–water partition coefficient (Wildman–Crippen LogP) is 1.84. The Morgan fingerprint density at radius 2 is 1.96 bits per heavy atom. The molecule has 1 atom stereocenters. The van der Waals surface area contributed by atoms with Gasteiger partial charge in [0.05, 0.1) is 25.4 Å². The Morgan fingerprint density at radius 1 is 1.19 bits per heavy atom. The fourth-order valence-electron chi connectivity index (χ4n) is 3.49. The number of carbonyl (C=O) groups excluding carboxylic acids is 1. The van der Waals surface area contributed by atoms with Crippen molar-refractivity contribution in [3.05, 3.63) is 47.8 Å². The summed E-state index contributed by atoms with van der Waals surface area (Å²) in [7, 11) is 0. The molecule has 0 radical (unpaired) electrons. The highest BCUT2D eigenvalue weighted by Crippen LogP contribution is 2.23. The summed E-state index contributed by atoms with van der Waals surface area (Å²) in [6.07, 6.45) is 3.75. The van der Waals surface area contributed by atoms with Crippen LogP contribution in [0, 0.1) is 0 Å². The number of nitrogens with zero attached hydrogens (tertiary/aromatic N) is 4. The third-order valence-corrected chi connectivity index (χ3v) is 4.94. The zero-order chi connectivity index (χ0) is 17.1. The largest absolute Gasteiger partial charge is 0.370 e. The average molecular weight is 378 g/mol. The molecule has 7 nitrogen and oxygen atoms in total. The smallest absolute Gasteiger partial charge is 0.276 e. The molecule has 0 saturated carbocycles. The summed E-state index contributed by atoms with van der Waals surface area (Å²) in [6.45, 7) is 3.63. The lowest BCUT2D eigenvalue weighted by molar-refractivity contribution is -0.0230. The first-order chi connectivity index (χ1) is 12.3. The van der Waals surface area contributed by atoms with Gasteiger partial charge in [0.25, 0.3) is 5.91 Å². The average Bonchev–Trinajstić information content (AvgIpc) is 3.19. The number of morpholine rings is 1. The van der Waals surface area contributed by atoms with Crippen molar-refractivity contribution in [2.75, 3.05) is 32.8 Å². The molecule has 1 aromatic carbocycles. The van der Waals surface area contributed by atoms with Crippen LogP contribution in [0.4, 0.5) is 0 Å². The van der Waals surface area contributed by atoms with E-state index in [2.05, 4.69) is 15.6 Å². The van der Waals surface area contributed by atoms with Crippen molar-refractivity contribution in [2.24, 2.45) is 0 Å². The number of hydrogen-bond acceptors (Lipinski definition) is 5. The Morgan fingerprint density at radius 3 is 2.73 bits per heavy atom. The van der Waals surface area contributed by atoms with Crippen molar-refractivity contribution in [3.63, 3.8) is 0 Å². The van der Waals surface area contributed by atoms with Gasteiger partial charge in [-0.25, -0.2) is 4.68 Å². The van der Waals surface area contributed by atoms with E-state index in [1.807, 2.05) is 39.9 Å². The second kappa shape index (κ2) is 8.62. The van der Waals surface area contributed by atoms with Gasteiger partial charge >= 0.3 is 0 Å². The second-order valence-electron chi connectivity index (χ2n) is 6.59. The predicted molar refractivity (Wildman–Crippen MR) is 99.4 cm³/mol. The van der Waals surface area contributed by atoms with Crippen molar-refractivity contribution in [2.45, 2.75) is 25.0 Å². The number of benzene rings is 1. The molecule has 2 aliphatic heterocycles. The molecule has 0 bridgehead atoms. The Hall–Kier alpha value is -1.96. The molecular weight excluding hydrogens is 354 g/mol. The molecule has 26 heavy (non-hydrogen) atoms. The Balaban J connectivity index is 0.00000196. The van der Waals surface area contributed by atoms with E-state index in [-0.39, 0.29) is 24.4 Å². The summed E-state index contributed by atoms with van der Waals surface area (Å²) in [5.74, 6) is -0.0654. The summed E-state index contributed by atoms with van der Waals surface area (Å²) in [5.41, 5.74) is 1.52. The van der Waals surface area contributed by atoms with E-state index in [0.29, 0.717) is 31.4 Å². The van der Waals surface area contributed by atoms with E-state index in [0.717, 1.165) is 31.5 Å². The SMILES string of the molecule is Cl.O=C(c1cn(C2CCNCC2)nn1)N1CCOC(c2ccccc2)C1. The lowest BCUT2D eigenvalue weighted by atomic mass is 10.1. The van der Waals surface area contributed by atoms with Crippen molar-refractivity contribution >= 4 is 18.3 Å². The molecule has 4 rings (SSSR count). The maximum Gasteiger partial charge on any atom is 0.276 e. The molecule has 0 aliphatic carbocycles. The van der Waals surface area contributed by atoms with Gasteiger partial charge in [-0.15, -0.1) is 17.5 Å². The normalized spacial score (nSPS) is 21.2. The number of ether oxygens (including phenoxy) is 1. The van der Waals surface area contributed by atoms with Gasteiger partial charge < -0.3 is 15.0 Å². The molecule has 3 heterocycles. The molecule has 1 aromatic heterocycles. The molecule has 2 fully saturated rings. The van der Waals surface area contributed by atoms with Crippen LogP contribution in [0.2, 0.25) is 0 Å². The van der Waals surface area contributed by atoms with Crippen LogP contribution in [-0.4, -0.2) is 58.6 Å². The number of nitrogens with one attached hydrogen (secondary N) is 1. The van der Waals surface area contributed by atoms with Gasteiger partial charge in [0.2, 0.25) is 0 Å². The first-order valence-corrected chi connectivity index (χ1v) is 8.89. The number of rotatable bonds is 3. The van der Waals surface area contributed by atoms with Crippen LogP contribution in [0.1, 0.15) is 41.0 Å². The molecule has 1 N–H and O–H groups in total. The van der Waals surface area contributed by atoms with Gasteiger partial charge in [0, 0.05) is 6.54 Å². The highest BCUT2D eigenvalue weighted by Gasteiger charge is 2.28. The van der Waals surface area contributed by atoms with Crippen LogP contribution in [0.15, 0.2) is 36.5 Å². The number of aromatic nitrogens is 3. The molecule has 0 spiro atoms. The molecule has 2 saturated heterocycles. The Kier molecular flexibility index (Phi) is 6.24. The topological polar surface area (TPSA) is 72.3 Å². The standard InChI is InChI=1S/C18H23N5O2.ClH/c24-18(16-12-23(21-20-16)15-6-8-19-9-7-15)22-10-11-25-17(13-22)14-4-2-1-3-5-14;/h1-5,12,15,17,19H,6-11,13H2;1H. The fraction of sp³-hybridized carbons (Fsp3) is 0.500. The molecule has 2 aliphatic rings. The minimum atomic E-state index is -0.0848. The summed E-state index contributed by atoms with van der Waals surface area (Å²) in [6, 6.07) is 10.4. The van der Waals surface area contributed by atoms with Crippen molar-refractivity contribution in [3.8, 4) is 0 Å². The van der Waals surface area contributed by atoms with E-state index in [4.69, 9.17) is 4.74 Å². The van der Waals surface area contributed by atoms with E-state index in [1.54, 1.807) is 6.20 Å². The molecule has 8 heteroatoms. The van der Waals surface area contributed by atoms with Crippen molar-refractivity contribution < 1.29 is 9.53 Å². The third-order valence-electron chi connectivity index (χ3n) is 4.94. The van der Waals surface area contributed by atoms with Crippen LogP contribution in [0.3, 0.4) is 0 Å². The summed E-state index contributed by atoms with van der Waals surface area (Å²) < 4.78 is 7.69. The molecular formula is C18H24ClN5O2. The quantitative estimate of drug-likeness (QED) is 0.883. The van der Waals surface area contributed by atoms with Gasteiger partial charge in [-0.1, -0.05) is 35.5 Å². The zero-order valence-electron chi connectivity index (χ0n) is 14.6. The molecule has 2 aromatic rings. The minimum absolute atomic E-state index is 0. The van der Waals surface area contributed by atoms with Gasteiger partial charge in [0.1, 0.15) is 6.10 Å². The zero-order valence-corrected chi connectivity index (χ0v) is 15.4. The highest BCUT2D eigenvalue weighted by molar-refractivity contribution is 5.92. The first kappa shape index (κ1) is 18.8. The highest BCUT2D eigenvalue weighted by atomic mass is 35.5. The van der Waals surface area contributed by atoms with E-state index in [1.165, 1.54) is 0 Å². The fourth-order valence-corrected chi connectivity index (χ4v) is 3.49. The minimum Gasteiger partial charge on any atom is -0.370 e. The van der Waals surface area contributed by atoms with Gasteiger partial charge in [-0.05, 0) is 31.5 Å². The lowest BCUT2D eigenvalue weighted by Gasteiger charge is -2.32. The van der Waals surface area contributed by atoms with E-state index >= 15 is 0 Å². The number of amides is 1. The number of halogens is 1. The first-order valence-electron chi connectivity index (χ1n) is 8.89. The monoisotopic (exact) mass is 377 g/mol. The van der Waals surface area contributed by atoms with E-state index < -0.39 is 0 Å². The van der Waals surface area contributed by atoms with Gasteiger partial charge in [0.15, 0.2) is 5.69 Å². The van der Waals surface area contributed by atoms with Crippen molar-refractivity contribution in [1.29, 1.82) is 0 Å². The van der Waals surface area contributed by atoms with Gasteiger partial charge in [-0.3, -0.25) is 4.79 Å². The Bertz CT molecular complexity index is 717. The third kappa shape index (κ3) is 4.06. The number of carbonyl (C=O) groups is 1. The maximum atomic E-state index is 12.8. The Labute approximate surface area is 159 Å². The van der Waals surface area contributed by atoms with E-state index in [9.17, 15) is 4.79 Å². The number of piperidine rings is 1. The molecule has 140 valence electrons. The van der Waals surface area contributed by atoms with Crippen LogP contribution >= 0.6 is 12.4 Å². The number of hydrogen-bond donors (Lipinski definition) is 1. The summed E-state index contributed by atoms with van der Waals surface area (Å²) in [4.78, 5) is 14.6. The van der Waals surface area contributed by atoms with Crippen LogP contribution < -0.4 is 5.32 Å². The van der Waals surface area contributed by atoms with Gasteiger partial charge in [-0.2, -0.15) is 0 Å². The maximum absolute atomic E-state index is 12.8. The van der Waals surface area contributed by atoms with Crippen LogP contribution in [0.25, 0.3) is 0 Å².